The zero-order valence-electron chi connectivity index (χ0n) is 10.1. The van der Waals surface area contributed by atoms with Crippen LogP contribution in [-0.4, -0.2) is 9.55 Å². The van der Waals surface area contributed by atoms with Gasteiger partial charge in [-0.3, -0.25) is 0 Å². The van der Waals surface area contributed by atoms with E-state index in [2.05, 4.69) is 23.4 Å². The van der Waals surface area contributed by atoms with Gasteiger partial charge >= 0.3 is 0 Å². The first-order valence-corrected chi connectivity index (χ1v) is 6.74. The molecular weight excluding hydrogens is 255 g/mol. The lowest BCUT2D eigenvalue weighted by atomic mass is 10.1. The van der Waals surface area contributed by atoms with E-state index in [-0.39, 0.29) is 0 Å². The lowest BCUT2D eigenvalue weighted by Gasteiger charge is -2.10. The minimum atomic E-state index is 0.420. The highest BCUT2D eigenvalue weighted by atomic mass is 35.5. The molecule has 0 atom stereocenters. The fourth-order valence-corrected chi connectivity index (χ4v) is 2.40. The van der Waals surface area contributed by atoms with Gasteiger partial charge in [-0.15, -0.1) is 11.6 Å². The molecule has 0 bridgehead atoms. The third kappa shape index (κ3) is 2.58. The van der Waals surface area contributed by atoms with E-state index in [1.165, 1.54) is 0 Å². The van der Waals surface area contributed by atoms with Crippen LogP contribution in [0.4, 0.5) is 0 Å². The molecule has 0 unspecified atom stereocenters. The molecule has 0 radical (unpaired) electrons. The molecular formula is C13H16Cl2N2. The minimum absolute atomic E-state index is 0.420. The molecule has 0 aliphatic carbocycles. The molecule has 2 aromatic rings. The molecule has 0 N–H and O–H groups in total. The Morgan fingerprint density at radius 2 is 2.12 bits per heavy atom. The van der Waals surface area contributed by atoms with Crippen molar-refractivity contribution in [2.75, 3.05) is 0 Å². The zero-order chi connectivity index (χ0) is 12.4. The number of hydrogen-bond acceptors (Lipinski definition) is 1. The SMILES string of the molecule is CC(C)CCn1c(CCl)nc2cccc(Cl)c21. The van der Waals surface area contributed by atoms with Crippen LogP contribution in [0, 0.1) is 5.92 Å². The van der Waals surface area contributed by atoms with Crippen molar-refractivity contribution >= 4 is 34.2 Å². The maximum atomic E-state index is 6.24. The Morgan fingerprint density at radius 1 is 1.35 bits per heavy atom. The van der Waals surface area contributed by atoms with E-state index >= 15 is 0 Å². The number of hydrogen-bond donors (Lipinski definition) is 0. The van der Waals surface area contributed by atoms with E-state index in [0.29, 0.717) is 11.8 Å². The maximum Gasteiger partial charge on any atom is 0.124 e. The normalized spacial score (nSPS) is 11.6. The van der Waals surface area contributed by atoms with Gasteiger partial charge < -0.3 is 4.57 Å². The van der Waals surface area contributed by atoms with Crippen molar-refractivity contribution in [3.05, 3.63) is 29.0 Å². The lowest BCUT2D eigenvalue weighted by molar-refractivity contribution is 0.516. The summed E-state index contributed by atoms with van der Waals surface area (Å²) in [6.45, 7) is 5.34. The number of imidazole rings is 1. The van der Waals surface area contributed by atoms with Crippen molar-refractivity contribution in [2.24, 2.45) is 5.92 Å². The molecule has 0 saturated heterocycles. The fourth-order valence-electron chi connectivity index (χ4n) is 1.92. The van der Waals surface area contributed by atoms with Crippen LogP contribution in [-0.2, 0) is 12.4 Å². The van der Waals surface area contributed by atoms with Gasteiger partial charge in [-0.2, -0.15) is 0 Å². The molecule has 0 saturated carbocycles. The first-order valence-electron chi connectivity index (χ1n) is 5.83. The molecule has 0 fully saturated rings. The van der Waals surface area contributed by atoms with E-state index in [1.54, 1.807) is 0 Å². The molecule has 0 aliphatic heterocycles. The zero-order valence-corrected chi connectivity index (χ0v) is 11.6. The molecule has 1 aromatic heterocycles. The van der Waals surface area contributed by atoms with Crippen LogP contribution in [0.25, 0.3) is 11.0 Å². The number of para-hydroxylation sites is 1. The van der Waals surface area contributed by atoms with Crippen molar-refractivity contribution in [1.29, 1.82) is 0 Å². The van der Waals surface area contributed by atoms with Gasteiger partial charge in [0, 0.05) is 6.54 Å². The Morgan fingerprint density at radius 3 is 2.76 bits per heavy atom. The Balaban J connectivity index is 2.49. The van der Waals surface area contributed by atoms with Crippen LogP contribution in [0.15, 0.2) is 18.2 Å². The number of fused-ring (bicyclic) bond motifs is 1. The number of halogens is 2. The standard InChI is InChI=1S/C13H16Cl2N2/c1-9(2)6-7-17-12(8-14)16-11-5-3-4-10(15)13(11)17/h3-5,9H,6-8H2,1-2H3. The average Bonchev–Trinajstić information content (AvgIpc) is 2.65. The van der Waals surface area contributed by atoms with Gasteiger partial charge in [-0.05, 0) is 24.5 Å². The molecule has 1 aromatic carbocycles. The van der Waals surface area contributed by atoms with E-state index < -0.39 is 0 Å². The molecule has 1 heterocycles. The second kappa shape index (κ2) is 5.28. The van der Waals surface area contributed by atoms with Crippen molar-refractivity contribution in [3.8, 4) is 0 Å². The van der Waals surface area contributed by atoms with Gasteiger partial charge in [0.1, 0.15) is 5.82 Å². The Kier molecular flexibility index (Phi) is 3.95. The van der Waals surface area contributed by atoms with Crippen molar-refractivity contribution in [2.45, 2.75) is 32.7 Å². The highest BCUT2D eigenvalue weighted by molar-refractivity contribution is 6.35. The predicted molar refractivity (Wildman–Crippen MR) is 73.8 cm³/mol. The van der Waals surface area contributed by atoms with Gasteiger partial charge in [0.25, 0.3) is 0 Å². The van der Waals surface area contributed by atoms with E-state index in [0.717, 1.165) is 34.8 Å². The van der Waals surface area contributed by atoms with Crippen LogP contribution < -0.4 is 0 Å². The summed E-state index contributed by atoms with van der Waals surface area (Å²) in [7, 11) is 0. The van der Waals surface area contributed by atoms with Gasteiger partial charge in [-0.25, -0.2) is 4.98 Å². The van der Waals surface area contributed by atoms with E-state index in [4.69, 9.17) is 23.2 Å². The number of nitrogens with zero attached hydrogens (tertiary/aromatic N) is 2. The number of rotatable bonds is 4. The smallest absolute Gasteiger partial charge is 0.124 e. The van der Waals surface area contributed by atoms with Crippen LogP contribution in [0.5, 0.6) is 0 Å². The quantitative estimate of drug-likeness (QED) is 0.750. The van der Waals surface area contributed by atoms with E-state index in [1.807, 2.05) is 18.2 Å². The molecule has 92 valence electrons. The summed E-state index contributed by atoms with van der Waals surface area (Å²) in [5, 5.41) is 0.745. The Hall–Kier alpha value is -0.730. The summed E-state index contributed by atoms with van der Waals surface area (Å²) in [6.07, 6.45) is 1.10. The predicted octanol–water partition coefficient (Wildman–Crippen LogP) is 4.47. The molecule has 0 aliphatic rings. The monoisotopic (exact) mass is 270 g/mol. The highest BCUT2D eigenvalue weighted by Crippen LogP contribution is 2.26. The van der Waals surface area contributed by atoms with Crippen LogP contribution in [0.1, 0.15) is 26.1 Å². The highest BCUT2D eigenvalue weighted by Gasteiger charge is 2.12. The Labute approximate surface area is 112 Å². The van der Waals surface area contributed by atoms with E-state index in [9.17, 15) is 0 Å². The van der Waals surface area contributed by atoms with Gasteiger partial charge in [0.05, 0.1) is 21.9 Å². The maximum absolute atomic E-state index is 6.24. The summed E-state index contributed by atoms with van der Waals surface area (Å²) in [4.78, 5) is 4.52. The third-order valence-corrected chi connectivity index (χ3v) is 3.39. The summed E-state index contributed by atoms with van der Waals surface area (Å²) in [5.74, 6) is 1.97. The van der Waals surface area contributed by atoms with Crippen LogP contribution >= 0.6 is 23.2 Å². The van der Waals surface area contributed by atoms with Crippen LogP contribution in [0.3, 0.4) is 0 Å². The van der Waals surface area contributed by atoms with Gasteiger partial charge in [-0.1, -0.05) is 31.5 Å². The van der Waals surface area contributed by atoms with Crippen LogP contribution in [0.2, 0.25) is 5.02 Å². The molecule has 0 amide bonds. The summed E-state index contributed by atoms with van der Waals surface area (Å²) < 4.78 is 2.14. The first-order chi connectivity index (χ1) is 8.13. The number of aryl methyl sites for hydroxylation is 1. The summed E-state index contributed by atoms with van der Waals surface area (Å²) in [6, 6.07) is 5.79. The molecule has 0 spiro atoms. The molecule has 17 heavy (non-hydrogen) atoms. The summed E-state index contributed by atoms with van der Waals surface area (Å²) >= 11 is 12.2. The second-order valence-corrected chi connectivity index (χ2v) is 5.28. The average molecular weight is 271 g/mol. The van der Waals surface area contributed by atoms with Crippen molar-refractivity contribution < 1.29 is 0 Å². The van der Waals surface area contributed by atoms with Crippen molar-refractivity contribution in [1.82, 2.24) is 9.55 Å². The number of alkyl halides is 1. The molecule has 2 nitrogen and oxygen atoms in total. The minimum Gasteiger partial charge on any atom is -0.326 e. The van der Waals surface area contributed by atoms with Crippen molar-refractivity contribution in [3.63, 3.8) is 0 Å². The largest absolute Gasteiger partial charge is 0.326 e. The Bertz CT molecular complexity index is 517. The summed E-state index contributed by atoms with van der Waals surface area (Å²) in [5.41, 5.74) is 1.93. The fraction of sp³-hybridized carbons (Fsp3) is 0.462. The first kappa shape index (κ1) is 12.7. The number of benzene rings is 1. The third-order valence-electron chi connectivity index (χ3n) is 2.85. The number of aromatic nitrogens is 2. The molecule has 4 heteroatoms. The molecule has 2 rings (SSSR count). The lowest BCUT2D eigenvalue weighted by Crippen LogP contribution is -2.05. The second-order valence-electron chi connectivity index (χ2n) is 4.60. The van der Waals surface area contributed by atoms with Gasteiger partial charge in [0.2, 0.25) is 0 Å². The topological polar surface area (TPSA) is 17.8 Å². The van der Waals surface area contributed by atoms with Gasteiger partial charge in [0.15, 0.2) is 0 Å².